The van der Waals surface area contributed by atoms with Crippen LogP contribution in [-0.4, -0.2) is 66.9 Å². The number of rotatable bonds is 7. The first-order valence-corrected chi connectivity index (χ1v) is 12.7. The van der Waals surface area contributed by atoms with E-state index in [-0.39, 0.29) is 0 Å². The Morgan fingerprint density at radius 2 is 1.74 bits per heavy atom. The van der Waals surface area contributed by atoms with E-state index in [0.29, 0.717) is 18.3 Å². The molecule has 2 fully saturated rings. The van der Waals surface area contributed by atoms with Gasteiger partial charge in [0.15, 0.2) is 5.82 Å². The van der Waals surface area contributed by atoms with E-state index in [0.717, 1.165) is 56.2 Å². The number of carbonyl (C=O) groups is 1. The van der Waals surface area contributed by atoms with Gasteiger partial charge in [-0.05, 0) is 61.8 Å². The van der Waals surface area contributed by atoms with Crippen LogP contribution in [-0.2, 0) is 0 Å². The number of ether oxygens (including phenoxy) is 1. The number of urea groups is 1. The molecule has 2 aromatic heterocycles. The first-order valence-electron chi connectivity index (χ1n) is 12.7. The zero-order valence-corrected chi connectivity index (χ0v) is 20.6. The van der Waals surface area contributed by atoms with Crippen molar-refractivity contribution in [2.75, 3.05) is 56.2 Å². The summed E-state index contributed by atoms with van der Waals surface area (Å²) in [4.78, 5) is 18.9. The predicted octanol–water partition coefficient (Wildman–Crippen LogP) is 3.86. The molecule has 2 amide bonds. The van der Waals surface area contributed by atoms with Crippen molar-refractivity contribution in [1.82, 2.24) is 14.5 Å². The highest BCUT2D eigenvalue weighted by atomic mass is 16.5. The number of amides is 2. The average Bonchev–Trinajstić information content (AvgIpc) is 3.32. The third-order valence-corrected chi connectivity index (χ3v) is 7.62. The quantitative estimate of drug-likeness (QED) is 0.560. The van der Waals surface area contributed by atoms with E-state index in [9.17, 15) is 4.79 Å². The van der Waals surface area contributed by atoms with Gasteiger partial charge in [0, 0.05) is 51.5 Å². The molecule has 8 heteroatoms. The largest absolute Gasteiger partial charge is 0.495 e. The highest BCUT2D eigenvalue weighted by Gasteiger charge is 2.28. The summed E-state index contributed by atoms with van der Waals surface area (Å²) in [7, 11) is 1.74. The Kier molecular flexibility index (Phi) is 7.08. The minimum absolute atomic E-state index is 0.427. The summed E-state index contributed by atoms with van der Waals surface area (Å²) in [5.41, 5.74) is 7.90. The third kappa shape index (κ3) is 5.37. The van der Waals surface area contributed by atoms with Crippen LogP contribution in [0.15, 0.2) is 54.7 Å². The number of piperazine rings is 1. The van der Waals surface area contributed by atoms with E-state index in [1.165, 1.54) is 25.1 Å². The number of methoxy groups -OCH3 is 1. The van der Waals surface area contributed by atoms with Gasteiger partial charge in [0.2, 0.25) is 0 Å². The molecule has 1 aromatic carbocycles. The molecule has 1 saturated heterocycles. The molecule has 2 aliphatic rings. The Labute approximate surface area is 207 Å². The number of para-hydroxylation sites is 2. The van der Waals surface area contributed by atoms with Gasteiger partial charge < -0.3 is 15.4 Å². The number of anilines is 2. The van der Waals surface area contributed by atoms with Gasteiger partial charge in [-0.1, -0.05) is 18.2 Å². The summed E-state index contributed by atoms with van der Waals surface area (Å²) in [5.74, 6) is 2.78. The van der Waals surface area contributed by atoms with Crippen LogP contribution in [0, 0.1) is 11.8 Å². The Morgan fingerprint density at radius 3 is 2.46 bits per heavy atom. The first-order chi connectivity index (χ1) is 17.1. The summed E-state index contributed by atoms with van der Waals surface area (Å²) in [6.45, 7) is 6.04. The molecular formula is C27H36N6O2. The number of pyridine rings is 1. The molecule has 1 aliphatic carbocycles. The Bertz CT molecular complexity index is 1100. The summed E-state index contributed by atoms with van der Waals surface area (Å²) < 4.78 is 7.34. The average molecular weight is 477 g/mol. The van der Waals surface area contributed by atoms with Gasteiger partial charge in [-0.3, -0.25) is 9.80 Å². The summed E-state index contributed by atoms with van der Waals surface area (Å²) in [5, 5.41) is 4.55. The number of carbonyl (C=O) groups excluding carboxylic acids is 1. The van der Waals surface area contributed by atoms with Crippen LogP contribution in [0.3, 0.4) is 0 Å². The van der Waals surface area contributed by atoms with E-state index in [1.807, 2.05) is 42.6 Å². The van der Waals surface area contributed by atoms with Crippen molar-refractivity contribution in [1.29, 1.82) is 0 Å². The molecule has 1 aliphatic heterocycles. The maximum absolute atomic E-state index is 12.2. The van der Waals surface area contributed by atoms with Crippen LogP contribution in [0.25, 0.3) is 5.52 Å². The lowest BCUT2D eigenvalue weighted by Gasteiger charge is -2.39. The van der Waals surface area contributed by atoms with E-state index >= 15 is 0 Å². The number of aromatic nitrogens is 2. The van der Waals surface area contributed by atoms with Crippen molar-refractivity contribution in [3.05, 3.63) is 54.7 Å². The minimum atomic E-state index is -0.427. The van der Waals surface area contributed by atoms with Gasteiger partial charge in [-0.25, -0.2) is 9.31 Å². The van der Waals surface area contributed by atoms with Gasteiger partial charge in [0.1, 0.15) is 5.75 Å². The maximum atomic E-state index is 12.2. The monoisotopic (exact) mass is 476 g/mol. The van der Waals surface area contributed by atoms with Gasteiger partial charge in [0.25, 0.3) is 0 Å². The molecule has 3 heterocycles. The van der Waals surface area contributed by atoms with E-state index in [4.69, 9.17) is 10.5 Å². The van der Waals surface area contributed by atoms with Gasteiger partial charge >= 0.3 is 6.03 Å². The van der Waals surface area contributed by atoms with Crippen LogP contribution < -0.4 is 20.3 Å². The second kappa shape index (κ2) is 10.6. The van der Waals surface area contributed by atoms with E-state index in [2.05, 4.69) is 27.0 Å². The third-order valence-electron chi connectivity index (χ3n) is 7.62. The van der Waals surface area contributed by atoms with Gasteiger partial charge in [-0.2, -0.15) is 0 Å². The molecule has 186 valence electrons. The Hall–Kier alpha value is -3.26. The fraction of sp³-hybridized carbons (Fsp3) is 0.481. The number of nitrogens with two attached hydrogens (primary N) is 1. The Morgan fingerprint density at radius 1 is 1.03 bits per heavy atom. The molecule has 1 saturated carbocycles. The van der Waals surface area contributed by atoms with Gasteiger partial charge in [-0.15, -0.1) is 5.10 Å². The van der Waals surface area contributed by atoms with Crippen LogP contribution in [0.2, 0.25) is 0 Å². The number of hydrogen-bond acceptors (Lipinski definition) is 5. The minimum Gasteiger partial charge on any atom is -0.495 e. The van der Waals surface area contributed by atoms with Crippen molar-refractivity contribution in [2.24, 2.45) is 17.6 Å². The summed E-state index contributed by atoms with van der Waals surface area (Å²) in [6, 6.07) is 15.7. The fourth-order valence-corrected chi connectivity index (χ4v) is 5.64. The molecule has 0 radical (unpaired) electrons. The molecule has 0 spiro atoms. The zero-order valence-electron chi connectivity index (χ0n) is 20.6. The lowest BCUT2D eigenvalue weighted by atomic mass is 9.81. The standard InChI is InChI=1S/C27H36N6O2/c1-35-25-8-3-2-7-24(25)31-16-14-30(15-17-31)19-21-9-11-22(12-10-21)20-32(27(28)34)26-18-23-6-4-5-13-33(23)29-26/h2-8,13,18,21-22H,9-12,14-17,19-20H2,1H3,(H2,28,34)/t21-,22-. The molecule has 2 N–H and O–H groups in total. The highest BCUT2D eigenvalue weighted by Crippen LogP contribution is 2.32. The molecule has 0 atom stereocenters. The predicted molar refractivity (Wildman–Crippen MR) is 139 cm³/mol. The summed E-state index contributed by atoms with van der Waals surface area (Å²) in [6.07, 6.45) is 6.55. The first kappa shape index (κ1) is 23.5. The lowest BCUT2D eigenvalue weighted by molar-refractivity contribution is 0.174. The fourth-order valence-electron chi connectivity index (χ4n) is 5.64. The molecule has 35 heavy (non-hydrogen) atoms. The molecular weight excluding hydrogens is 440 g/mol. The molecule has 8 nitrogen and oxygen atoms in total. The molecule has 0 bridgehead atoms. The number of hydrogen-bond donors (Lipinski definition) is 1. The Balaban J connectivity index is 1.10. The van der Waals surface area contributed by atoms with Crippen molar-refractivity contribution >= 4 is 23.1 Å². The SMILES string of the molecule is COc1ccccc1N1CCN(C[C@H]2CC[C@H](CN(C(N)=O)c3cc4ccccn4n3)CC2)CC1. The molecule has 5 rings (SSSR count). The van der Waals surface area contributed by atoms with Crippen molar-refractivity contribution in [2.45, 2.75) is 25.7 Å². The maximum Gasteiger partial charge on any atom is 0.320 e. The van der Waals surface area contributed by atoms with Crippen molar-refractivity contribution < 1.29 is 9.53 Å². The normalized spacial score (nSPS) is 21.2. The van der Waals surface area contributed by atoms with Crippen LogP contribution in [0.5, 0.6) is 5.75 Å². The second-order valence-corrected chi connectivity index (χ2v) is 9.87. The number of primary amides is 1. The second-order valence-electron chi connectivity index (χ2n) is 9.87. The number of benzene rings is 1. The van der Waals surface area contributed by atoms with E-state index in [1.54, 1.807) is 16.5 Å². The van der Waals surface area contributed by atoms with E-state index < -0.39 is 6.03 Å². The number of nitrogens with zero attached hydrogens (tertiary/aromatic N) is 5. The topological polar surface area (TPSA) is 79.3 Å². The zero-order chi connectivity index (χ0) is 24.2. The lowest BCUT2D eigenvalue weighted by Crippen LogP contribution is -2.48. The van der Waals surface area contributed by atoms with Crippen LogP contribution in [0.4, 0.5) is 16.3 Å². The highest BCUT2D eigenvalue weighted by molar-refractivity contribution is 5.90. The molecule has 3 aromatic rings. The van der Waals surface area contributed by atoms with Crippen LogP contribution >= 0.6 is 0 Å². The smallest absolute Gasteiger partial charge is 0.320 e. The molecule has 0 unspecified atom stereocenters. The van der Waals surface area contributed by atoms with Gasteiger partial charge in [0.05, 0.1) is 18.3 Å². The summed E-state index contributed by atoms with van der Waals surface area (Å²) >= 11 is 0. The number of fused-ring (bicyclic) bond motifs is 1. The van der Waals surface area contributed by atoms with Crippen molar-refractivity contribution in [3.8, 4) is 5.75 Å². The van der Waals surface area contributed by atoms with Crippen LogP contribution in [0.1, 0.15) is 25.7 Å². The van der Waals surface area contributed by atoms with Crippen molar-refractivity contribution in [3.63, 3.8) is 0 Å².